The van der Waals surface area contributed by atoms with Crippen molar-refractivity contribution in [3.63, 3.8) is 0 Å². The van der Waals surface area contributed by atoms with Gasteiger partial charge < -0.3 is 4.42 Å². The van der Waals surface area contributed by atoms with Crippen molar-refractivity contribution in [1.29, 1.82) is 0 Å². The summed E-state index contributed by atoms with van der Waals surface area (Å²) in [5.74, 6) is 1.21. The minimum Gasteiger partial charge on any atom is -0.350 e. The first-order chi connectivity index (χ1) is 12.6. The maximum Gasteiger partial charge on any atom is 0.252 e. The van der Waals surface area contributed by atoms with Crippen molar-refractivity contribution in [3.8, 4) is 0 Å². The van der Waals surface area contributed by atoms with Gasteiger partial charge in [0.25, 0.3) is 6.10 Å². The normalized spacial score (nSPS) is 24.3. The average Bonchev–Trinajstić information content (AvgIpc) is 2.67. The third-order valence-corrected chi connectivity index (χ3v) is 5.86. The molecule has 136 valence electrons. The molecule has 0 aliphatic heterocycles. The second kappa shape index (κ2) is 8.49. The zero-order valence-corrected chi connectivity index (χ0v) is 16.2. The van der Waals surface area contributed by atoms with Crippen molar-refractivity contribution in [2.45, 2.75) is 51.6 Å². The van der Waals surface area contributed by atoms with Crippen LogP contribution in [-0.2, 0) is 9.84 Å². The molecule has 1 fully saturated rings. The largest absolute Gasteiger partial charge is 0.350 e. The Labute approximate surface area is 158 Å². The Balaban J connectivity index is 1.76. The molecule has 0 saturated heterocycles. The van der Waals surface area contributed by atoms with Crippen LogP contribution in [0.4, 0.5) is 0 Å². The van der Waals surface area contributed by atoms with Gasteiger partial charge in [-0.3, -0.25) is 0 Å². The summed E-state index contributed by atoms with van der Waals surface area (Å²) >= 11 is 0. The van der Waals surface area contributed by atoms with Crippen LogP contribution < -0.4 is 0 Å². The molecule has 1 saturated carbocycles. The lowest BCUT2D eigenvalue weighted by Crippen LogP contribution is -2.41. The van der Waals surface area contributed by atoms with E-state index < -0.39 is 0 Å². The first-order valence-electron chi connectivity index (χ1n) is 9.75. The van der Waals surface area contributed by atoms with E-state index in [4.69, 9.17) is 4.42 Å². The van der Waals surface area contributed by atoms with E-state index in [2.05, 4.69) is 69.5 Å². The first-order valence-corrected chi connectivity index (χ1v) is 9.75. The van der Waals surface area contributed by atoms with Gasteiger partial charge in [0.1, 0.15) is 0 Å². The number of hydrogen-bond donors (Lipinski definition) is 0. The van der Waals surface area contributed by atoms with Crippen molar-refractivity contribution in [2.75, 3.05) is 0 Å². The van der Waals surface area contributed by atoms with Gasteiger partial charge in [-0.25, -0.2) is 0 Å². The summed E-state index contributed by atoms with van der Waals surface area (Å²) in [6.07, 6.45) is 10.9. The van der Waals surface area contributed by atoms with Gasteiger partial charge in [-0.2, -0.15) is 6.08 Å². The standard InChI is InChI=1S/C25H30O/c1-20-16-17-23(25(2,3)22-14-8-5-9-15-22)24(19-20)26-18-10-13-21-11-6-4-7-12-21/h4-15,20,23-24H,16-17,19H2,1-3H3/b13-10+/t20-,23-,24-/m1/s1. The Morgan fingerprint density at radius 2 is 1.62 bits per heavy atom. The fraction of sp³-hybridized carbons (Fsp3) is 0.400. The highest BCUT2D eigenvalue weighted by Gasteiger charge is 2.44. The fourth-order valence-corrected chi connectivity index (χ4v) is 4.19. The summed E-state index contributed by atoms with van der Waals surface area (Å²) < 4.78 is 6.16. The number of rotatable bonds is 5. The van der Waals surface area contributed by atoms with Gasteiger partial charge in [0.15, 0.2) is 0 Å². The summed E-state index contributed by atoms with van der Waals surface area (Å²) in [5.41, 5.74) is 2.66. The second-order valence-corrected chi connectivity index (χ2v) is 8.13. The Bertz CT molecular complexity index is 727. The van der Waals surface area contributed by atoms with E-state index in [1.54, 1.807) is 0 Å². The average molecular weight is 347 g/mol. The maximum atomic E-state index is 6.16. The van der Waals surface area contributed by atoms with E-state index in [1.165, 1.54) is 24.0 Å². The van der Waals surface area contributed by atoms with Crippen molar-refractivity contribution < 1.29 is 4.42 Å². The molecular formula is C25H30O. The predicted octanol–water partition coefficient (Wildman–Crippen LogP) is 6.13. The predicted molar refractivity (Wildman–Crippen MR) is 111 cm³/mol. The lowest BCUT2D eigenvalue weighted by atomic mass is 9.64. The van der Waals surface area contributed by atoms with Crippen LogP contribution in [0.1, 0.15) is 51.2 Å². The summed E-state index contributed by atoms with van der Waals surface area (Å²) in [6, 6.07) is 21.1. The van der Waals surface area contributed by atoms with Crippen LogP contribution in [0.2, 0.25) is 0 Å². The van der Waals surface area contributed by atoms with E-state index in [0.717, 1.165) is 6.42 Å². The molecule has 0 bridgehead atoms. The van der Waals surface area contributed by atoms with E-state index in [-0.39, 0.29) is 11.5 Å². The molecule has 3 rings (SSSR count). The zero-order chi connectivity index (χ0) is 18.4. The van der Waals surface area contributed by atoms with Crippen molar-refractivity contribution in [3.05, 3.63) is 77.9 Å². The highest BCUT2D eigenvalue weighted by atomic mass is 16.4. The molecule has 0 radical (unpaired) electrons. The van der Waals surface area contributed by atoms with Crippen LogP contribution >= 0.6 is 0 Å². The van der Waals surface area contributed by atoms with Crippen LogP contribution in [0.5, 0.6) is 0 Å². The third kappa shape index (κ3) is 4.52. The summed E-state index contributed by atoms with van der Waals surface area (Å²) in [4.78, 5) is 0. The van der Waals surface area contributed by atoms with Gasteiger partial charge in [0.2, 0.25) is 6.29 Å². The number of hydrogen-bond acceptors (Lipinski definition) is 0. The van der Waals surface area contributed by atoms with Gasteiger partial charge in [0, 0.05) is 11.8 Å². The SMILES string of the molecule is C[C@@H]1CC[C@@H](C(C)(C)c2ccccc2)[C@H]([O+]=[C-]/C=C/c2ccccc2)C1. The van der Waals surface area contributed by atoms with Crippen LogP contribution in [0.15, 0.2) is 66.7 Å². The first kappa shape index (κ1) is 18.6. The molecule has 0 amide bonds. The second-order valence-electron chi connectivity index (χ2n) is 8.13. The third-order valence-electron chi connectivity index (χ3n) is 5.86. The highest BCUT2D eigenvalue weighted by molar-refractivity contribution is 5.74. The molecule has 2 aromatic rings. The molecule has 0 heterocycles. The van der Waals surface area contributed by atoms with E-state index >= 15 is 0 Å². The Hall–Kier alpha value is -2.15. The van der Waals surface area contributed by atoms with E-state index in [0.29, 0.717) is 11.8 Å². The van der Waals surface area contributed by atoms with Gasteiger partial charge >= 0.3 is 0 Å². The van der Waals surface area contributed by atoms with Crippen LogP contribution in [0, 0.1) is 11.8 Å². The summed E-state index contributed by atoms with van der Waals surface area (Å²) in [7, 11) is 0. The topological polar surface area (TPSA) is 11.3 Å². The minimum absolute atomic E-state index is 0.0941. The smallest absolute Gasteiger partial charge is 0.252 e. The fourth-order valence-electron chi connectivity index (χ4n) is 4.19. The van der Waals surface area contributed by atoms with Gasteiger partial charge in [-0.15, -0.1) is 11.6 Å². The highest BCUT2D eigenvalue weighted by Crippen LogP contribution is 2.42. The van der Waals surface area contributed by atoms with Crippen LogP contribution in [0.3, 0.4) is 0 Å². The van der Waals surface area contributed by atoms with E-state index in [9.17, 15) is 0 Å². The molecule has 0 unspecified atom stereocenters. The van der Waals surface area contributed by atoms with Gasteiger partial charge in [-0.05, 0) is 24.3 Å². The Morgan fingerprint density at radius 1 is 0.962 bits per heavy atom. The van der Waals surface area contributed by atoms with Crippen molar-refractivity contribution in [2.24, 2.45) is 11.8 Å². The summed E-state index contributed by atoms with van der Waals surface area (Å²) in [5, 5.41) is 0. The lowest BCUT2D eigenvalue weighted by molar-refractivity contribution is -0.0784. The Morgan fingerprint density at radius 3 is 2.31 bits per heavy atom. The van der Waals surface area contributed by atoms with E-state index in [1.807, 2.05) is 30.4 Å². The van der Waals surface area contributed by atoms with Gasteiger partial charge in [0.05, 0.1) is 5.92 Å². The Kier molecular flexibility index (Phi) is 6.08. The molecule has 1 aliphatic carbocycles. The molecule has 1 aliphatic rings. The lowest BCUT2D eigenvalue weighted by Gasteiger charge is -2.39. The molecule has 3 atom stereocenters. The molecule has 2 aromatic carbocycles. The summed E-state index contributed by atoms with van der Waals surface area (Å²) in [6.45, 7) is 7.06. The number of allylic oxidation sites excluding steroid dienone is 1. The zero-order valence-electron chi connectivity index (χ0n) is 16.2. The van der Waals surface area contributed by atoms with Crippen molar-refractivity contribution >= 4 is 12.4 Å². The number of benzene rings is 2. The van der Waals surface area contributed by atoms with Gasteiger partial charge in [-0.1, -0.05) is 81.4 Å². The molecule has 26 heavy (non-hydrogen) atoms. The monoisotopic (exact) mass is 346 g/mol. The molecule has 1 nitrogen and oxygen atoms in total. The molecule has 0 aromatic heterocycles. The molecule has 0 N–H and O–H groups in total. The molecule has 1 heteroatoms. The molecule has 0 spiro atoms. The van der Waals surface area contributed by atoms with Crippen LogP contribution in [0.25, 0.3) is 6.08 Å². The number of carbonyl (C=O) groups excluding carboxylic acids is 1. The minimum atomic E-state index is 0.0941. The quantitative estimate of drug-likeness (QED) is 0.351. The van der Waals surface area contributed by atoms with Crippen molar-refractivity contribution in [1.82, 2.24) is 0 Å². The molecular weight excluding hydrogens is 316 g/mol. The van der Waals surface area contributed by atoms with Crippen LogP contribution in [-0.4, -0.2) is 12.4 Å². The maximum absolute atomic E-state index is 6.16.